The highest BCUT2D eigenvalue weighted by atomic mass is 15.1. The Kier molecular flexibility index (Phi) is 6.84. The molecule has 226 valence electrons. The molecule has 0 unspecified atom stereocenters. The SMILES string of the molecule is c1ccc(-c2ccc(N(c3ccc(-c4ccc(-n5c6ccccc6c6ccccc65)cc4)cc3)c3ccc4ccccc4c3)cc2)cc1. The number of aromatic nitrogens is 1. The van der Waals surface area contributed by atoms with E-state index in [1.807, 2.05) is 0 Å². The van der Waals surface area contributed by atoms with Crippen molar-refractivity contribution in [2.75, 3.05) is 4.90 Å². The molecule has 2 heteroatoms. The van der Waals surface area contributed by atoms with E-state index in [9.17, 15) is 0 Å². The summed E-state index contributed by atoms with van der Waals surface area (Å²) in [7, 11) is 0. The Morgan fingerprint density at radius 3 is 1.33 bits per heavy atom. The van der Waals surface area contributed by atoms with Crippen LogP contribution in [0.2, 0.25) is 0 Å². The lowest BCUT2D eigenvalue weighted by Gasteiger charge is -2.26. The van der Waals surface area contributed by atoms with Crippen molar-refractivity contribution >= 4 is 49.6 Å². The largest absolute Gasteiger partial charge is 0.310 e. The van der Waals surface area contributed by atoms with Gasteiger partial charge in [0.05, 0.1) is 11.0 Å². The van der Waals surface area contributed by atoms with E-state index in [1.54, 1.807) is 0 Å². The first-order chi connectivity index (χ1) is 23.8. The summed E-state index contributed by atoms with van der Waals surface area (Å²) in [5, 5.41) is 5.01. The fourth-order valence-corrected chi connectivity index (χ4v) is 7.00. The van der Waals surface area contributed by atoms with Gasteiger partial charge in [-0.2, -0.15) is 0 Å². The van der Waals surface area contributed by atoms with Crippen LogP contribution in [0.15, 0.2) is 194 Å². The van der Waals surface area contributed by atoms with Gasteiger partial charge >= 0.3 is 0 Å². The Labute approximate surface area is 280 Å². The number of fused-ring (bicyclic) bond motifs is 4. The number of rotatable bonds is 6. The molecule has 9 aromatic rings. The molecule has 0 N–H and O–H groups in total. The van der Waals surface area contributed by atoms with Gasteiger partial charge in [-0.1, -0.05) is 133 Å². The van der Waals surface area contributed by atoms with Gasteiger partial charge in [0.15, 0.2) is 0 Å². The van der Waals surface area contributed by atoms with Crippen molar-refractivity contribution in [3.8, 4) is 27.9 Å². The predicted molar refractivity (Wildman–Crippen MR) is 204 cm³/mol. The third kappa shape index (κ3) is 4.92. The van der Waals surface area contributed by atoms with Gasteiger partial charge in [0.1, 0.15) is 0 Å². The second kappa shape index (κ2) is 11.8. The summed E-state index contributed by atoms with van der Waals surface area (Å²) in [5.41, 5.74) is 11.8. The first kappa shape index (κ1) is 27.9. The maximum atomic E-state index is 2.36. The van der Waals surface area contributed by atoms with Crippen LogP contribution in [-0.2, 0) is 0 Å². The minimum atomic E-state index is 1.11. The van der Waals surface area contributed by atoms with E-state index < -0.39 is 0 Å². The standard InChI is InChI=1S/C46H32N2/c1-2-10-33(11-3-1)35-18-25-39(26-19-35)47(42-31-24-34-12-4-5-13-38(34)32-42)40-27-20-36(21-28-40)37-22-29-41(30-23-37)48-45-16-8-6-14-43(45)44-15-7-9-17-46(44)48/h1-32H. The van der Waals surface area contributed by atoms with Gasteiger partial charge < -0.3 is 9.47 Å². The molecule has 0 spiro atoms. The van der Waals surface area contributed by atoms with Crippen molar-refractivity contribution < 1.29 is 0 Å². The number of para-hydroxylation sites is 2. The molecule has 8 aromatic carbocycles. The molecule has 0 aliphatic carbocycles. The average molecular weight is 613 g/mol. The molecule has 0 fully saturated rings. The van der Waals surface area contributed by atoms with Crippen molar-refractivity contribution in [2.24, 2.45) is 0 Å². The molecule has 0 amide bonds. The lowest BCUT2D eigenvalue weighted by molar-refractivity contribution is 1.18. The quantitative estimate of drug-likeness (QED) is 0.181. The molecule has 2 nitrogen and oxygen atoms in total. The summed E-state index contributed by atoms with van der Waals surface area (Å²) in [5.74, 6) is 0. The van der Waals surface area contributed by atoms with Crippen LogP contribution in [0.5, 0.6) is 0 Å². The molecule has 1 aromatic heterocycles. The maximum Gasteiger partial charge on any atom is 0.0541 e. The summed E-state index contributed by atoms with van der Waals surface area (Å²) < 4.78 is 2.36. The second-order valence-electron chi connectivity index (χ2n) is 12.2. The van der Waals surface area contributed by atoms with Crippen LogP contribution < -0.4 is 4.90 Å². The van der Waals surface area contributed by atoms with Gasteiger partial charge in [-0.25, -0.2) is 0 Å². The lowest BCUT2D eigenvalue weighted by atomic mass is 10.0. The van der Waals surface area contributed by atoms with Crippen LogP contribution in [0, 0.1) is 0 Å². The van der Waals surface area contributed by atoms with Crippen molar-refractivity contribution in [3.63, 3.8) is 0 Å². The smallest absolute Gasteiger partial charge is 0.0541 e. The third-order valence-corrected chi connectivity index (χ3v) is 9.39. The van der Waals surface area contributed by atoms with E-state index in [1.165, 1.54) is 54.8 Å². The van der Waals surface area contributed by atoms with Gasteiger partial charge in [0, 0.05) is 33.5 Å². The highest BCUT2D eigenvalue weighted by molar-refractivity contribution is 6.09. The van der Waals surface area contributed by atoms with E-state index in [0.717, 1.165) is 22.7 Å². The summed E-state index contributed by atoms with van der Waals surface area (Å²) in [4.78, 5) is 2.34. The molecular weight excluding hydrogens is 581 g/mol. The van der Waals surface area contributed by atoms with Crippen LogP contribution in [0.1, 0.15) is 0 Å². The first-order valence-electron chi connectivity index (χ1n) is 16.4. The second-order valence-corrected chi connectivity index (χ2v) is 12.2. The van der Waals surface area contributed by atoms with Crippen LogP contribution in [-0.4, -0.2) is 4.57 Å². The number of hydrogen-bond acceptors (Lipinski definition) is 1. The number of nitrogens with zero attached hydrogens (tertiary/aromatic N) is 2. The molecule has 1 heterocycles. The third-order valence-electron chi connectivity index (χ3n) is 9.39. The van der Waals surface area contributed by atoms with Gasteiger partial charge in [0.2, 0.25) is 0 Å². The van der Waals surface area contributed by atoms with Gasteiger partial charge in [-0.15, -0.1) is 0 Å². The summed E-state index contributed by atoms with van der Waals surface area (Å²) in [6.45, 7) is 0. The minimum absolute atomic E-state index is 1.11. The molecule has 0 saturated heterocycles. The predicted octanol–water partition coefficient (Wildman–Crippen LogP) is 12.7. The number of anilines is 3. The van der Waals surface area contributed by atoms with Gasteiger partial charge in [0.25, 0.3) is 0 Å². The van der Waals surface area contributed by atoms with Crippen molar-refractivity contribution in [1.82, 2.24) is 4.57 Å². The molecule has 48 heavy (non-hydrogen) atoms. The summed E-state index contributed by atoms with van der Waals surface area (Å²) in [6.07, 6.45) is 0. The van der Waals surface area contributed by atoms with Crippen LogP contribution in [0.25, 0.3) is 60.5 Å². The van der Waals surface area contributed by atoms with Crippen LogP contribution in [0.3, 0.4) is 0 Å². The van der Waals surface area contributed by atoms with Gasteiger partial charge in [-0.05, 0) is 93.7 Å². The van der Waals surface area contributed by atoms with E-state index in [4.69, 9.17) is 0 Å². The van der Waals surface area contributed by atoms with E-state index in [-0.39, 0.29) is 0 Å². The zero-order valence-corrected chi connectivity index (χ0v) is 26.4. The monoisotopic (exact) mass is 612 g/mol. The van der Waals surface area contributed by atoms with Crippen LogP contribution in [0.4, 0.5) is 17.1 Å². The molecule has 0 aliphatic heterocycles. The molecule has 0 bridgehead atoms. The molecule has 9 rings (SSSR count). The zero-order valence-electron chi connectivity index (χ0n) is 26.4. The molecule has 0 atom stereocenters. The highest BCUT2D eigenvalue weighted by Crippen LogP contribution is 2.38. The Morgan fingerprint density at radius 1 is 0.312 bits per heavy atom. The Hall–Kier alpha value is -6.38. The zero-order chi connectivity index (χ0) is 31.9. The average Bonchev–Trinajstić information content (AvgIpc) is 3.50. The van der Waals surface area contributed by atoms with Crippen molar-refractivity contribution in [3.05, 3.63) is 194 Å². The highest BCUT2D eigenvalue weighted by Gasteiger charge is 2.15. The Morgan fingerprint density at radius 2 is 0.750 bits per heavy atom. The molecular formula is C46H32N2. The maximum absolute atomic E-state index is 2.36. The van der Waals surface area contributed by atoms with E-state index in [0.29, 0.717) is 0 Å². The molecule has 0 saturated carbocycles. The normalized spacial score (nSPS) is 11.3. The molecule has 0 aliphatic rings. The number of benzene rings is 8. The summed E-state index contributed by atoms with van der Waals surface area (Å²) >= 11 is 0. The fraction of sp³-hybridized carbons (Fsp3) is 0. The summed E-state index contributed by atoms with van der Waals surface area (Å²) in [6, 6.07) is 69.8. The number of hydrogen-bond donors (Lipinski definition) is 0. The van der Waals surface area contributed by atoms with Crippen molar-refractivity contribution in [1.29, 1.82) is 0 Å². The fourth-order valence-electron chi connectivity index (χ4n) is 7.00. The van der Waals surface area contributed by atoms with Crippen molar-refractivity contribution in [2.45, 2.75) is 0 Å². The Balaban J connectivity index is 1.07. The Bertz CT molecular complexity index is 2470. The topological polar surface area (TPSA) is 8.17 Å². The lowest BCUT2D eigenvalue weighted by Crippen LogP contribution is -2.09. The van der Waals surface area contributed by atoms with E-state index >= 15 is 0 Å². The van der Waals surface area contributed by atoms with E-state index in [2.05, 4.69) is 204 Å². The van der Waals surface area contributed by atoms with Gasteiger partial charge in [-0.3, -0.25) is 0 Å². The first-order valence-corrected chi connectivity index (χ1v) is 16.4. The van der Waals surface area contributed by atoms with Crippen LogP contribution >= 0.6 is 0 Å². The molecule has 0 radical (unpaired) electrons. The minimum Gasteiger partial charge on any atom is -0.310 e.